The molecule has 2 radical (unpaired) electrons. The maximum absolute atomic E-state index is 8.31. The van der Waals surface area contributed by atoms with Gasteiger partial charge < -0.3 is 9.42 Å². The van der Waals surface area contributed by atoms with Crippen molar-refractivity contribution in [3.63, 3.8) is 0 Å². The lowest BCUT2D eigenvalue weighted by Crippen LogP contribution is -1.76. The van der Waals surface area contributed by atoms with E-state index in [1.165, 1.54) is 7.11 Å². The SMILES string of the molecule is [B]P(O)(=S)OC. The smallest absolute Gasteiger partial charge is 0.199 e. The molecule has 0 aromatic heterocycles. The van der Waals surface area contributed by atoms with Crippen LogP contribution < -0.4 is 0 Å². The predicted molar refractivity (Wildman–Crippen MR) is 29.3 cm³/mol. The molecule has 0 fully saturated rings. The molecule has 1 N–H and O–H groups in total. The van der Waals surface area contributed by atoms with Crippen LogP contribution in [-0.4, -0.2) is 19.6 Å². The van der Waals surface area contributed by atoms with E-state index >= 15 is 0 Å². The Kier molecular flexibility index (Phi) is 2.30. The monoisotopic (exact) mass is 122 g/mol. The largest absolute Gasteiger partial charge is 0.353 e. The highest BCUT2D eigenvalue weighted by atomic mass is 32.4. The van der Waals surface area contributed by atoms with Gasteiger partial charge in [0.05, 0.1) is 0 Å². The van der Waals surface area contributed by atoms with Gasteiger partial charge in [-0.2, -0.15) is 0 Å². The highest BCUT2D eigenvalue weighted by Crippen LogP contribution is 2.33. The summed E-state index contributed by atoms with van der Waals surface area (Å²) in [5.74, 6) is 0. The molecule has 6 heavy (non-hydrogen) atoms. The average molecular weight is 122 g/mol. The van der Waals surface area contributed by atoms with Crippen LogP contribution in [-0.2, 0) is 16.3 Å². The minimum Gasteiger partial charge on any atom is -0.353 e. The van der Waals surface area contributed by atoms with Crippen LogP contribution in [0.3, 0.4) is 0 Å². The van der Waals surface area contributed by atoms with Gasteiger partial charge in [0, 0.05) is 7.11 Å². The van der Waals surface area contributed by atoms with E-state index in [0.717, 1.165) is 0 Å². The summed E-state index contributed by atoms with van der Waals surface area (Å²) >= 11 is 4.21. The second-order valence-corrected chi connectivity index (χ2v) is 3.81. The third-order valence-electron chi connectivity index (χ3n) is 0.262. The molecule has 0 saturated carbocycles. The van der Waals surface area contributed by atoms with Gasteiger partial charge in [0.2, 0.25) is 0 Å². The van der Waals surface area contributed by atoms with Crippen molar-refractivity contribution in [3.8, 4) is 0 Å². The van der Waals surface area contributed by atoms with Crippen LogP contribution in [0, 0.1) is 0 Å². The van der Waals surface area contributed by atoms with Crippen LogP contribution in [0.1, 0.15) is 0 Å². The first kappa shape index (κ1) is 6.63. The summed E-state index contributed by atoms with van der Waals surface area (Å²) < 4.78 is 4.20. The van der Waals surface area contributed by atoms with Crippen LogP contribution in [0.2, 0.25) is 0 Å². The van der Waals surface area contributed by atoms with Crippen molar-refractivity contribution < 1.29 is 9.42 Å². The Balaban J connectivity index is 3.48. The molecule has 0 bridgehead atoms. The molecule has 0 aliphatic heterocycles. The molecule has 0 amide bonds. The first-order valence-corrected chi connectivity index (χ1v) is 3.97. The summed E-state index contributed by atoms with van der Waals surface area (Å²) in [5, 5.41) is 0. The minimum absolute atomic E-state index is 1.28. The molecule has 34 valence electrons. The molecular formula is CH4BO2PS. The lowest BCUT2D eigenvalue weighted by molar-refractivity contribution is 0.403. The van der Waals surface area contributed by atoms with Crippen LogP contribution in [0.25, 0.3) is 0 Å². The zero-order chi connectivity index (χ0) is 5.21. The van der Waals surface area contributed by atoms with Gasteiger partial charge >= 0.3 is 0 Å². The molecule has 0 aliphatic carbocycles. The summed E-state index contributed by atoms with van der Waals surface area (Å²) in [5.41, 5.74) is 0. The molecule has 2 nitrogen and oxygen atoms in total. The normalized spacial score (nSPS) is 19.7. The molecule has 1 atom stereocenters. The van der Waals surface area contributed by atoms with Crippen LogP contribution >= 0.6 is 6.37 Å². The van der Waals surface area contributed by atoms with Gasteiger partial charge in [-0.3, -0.25) is 0 Å². The molecule has 5 heteroatoms. The topological polar surface area (TPSA) is 29.5 Å². The molecule has 0 saturated heterocycles. The van der Waals surface area contributed by atoms with Gasteiger partial charge in [0.1, 0.15) is 6.37 Å². The molecule has 1 unspecified atom stereocenters. The fourth-order valence-electron chi connectivity index (χ4n) is 0. The van der Waals surface area contributed by atoms with E-state index in [1.54, 1.807) is 0 Å². The molecule has 0 rings (SSSR count). The molecule has 0 spiro atoms. The van der Waals surface area contributed by atoms with E-state index in [4.69, 9.17) is 12.5 Å². The lowest BCUT2D eigenvalue weighted by atomic mass is 10.8. The minimum atomic E-state index is -2.81. The summed E-state index contributed by atoms with van der Waals surface area (Å²) in [6.07, 6.45) is -2.81. The summed E-state index contributed by atoms with van der Waals surface area (Å²) in [6.45, 7) is 0. The Morgan fingerprint density at radius 3 is 2.17 bits per heavy atom. The van der Waals surface area contributed by atoms with Gasteiger partial charge in [0.15, 0.2) is 7.57 Å². The lowest BCUT2D eigenvalue weighted by Gasteiger charge is -2.02. The van der Waals surface area contributed by atoms with Crippen molar-refractivity contribution in [1.82, 2.24) is 0 Å². The molecule has 0 aromatic rings. The number of rotatable bonds is 1. The first-order chi connectivity index (χ1) is 2.56. The fraction of sp³-hybridized carbons (Fsp3) is 1.00. The van der Waals surface area contributed by atoms with Gasteiger partial charge in [0.25, 0.3) is 0 Å². The van der Waals surface area contributed by atoms with E-state index < -0.39 is 6.37 Å². The standard InChI is InChI=1S/CH4BO2PS/c1-4-5(2,3)6/h1H3,(H,3,6). The van der Waals surface area contributed by atoms with E-state index in [9.17, 15) is 0 Å². The van der Waals surface area contributed by atoms with Gasteiger partial charge in [-0.15, -0.1) is 0 Å². The maximum Gasteiger partial charge on any atom is 0.199 e. The van der Waals surface area contributed by atoms with Crippen LogP contribution in [0.5, 0.6) is 0 Å². The molecular weight excluding hydrogens is 118 g/mol. The second-order valence-electron chi connectivity index (χ2n) is 0.747. The maximum atomic E-state index is 8.31. The Hall–Kier alpha value is 0.635. The molecule has 0 aliphatic rings. The molecule has 0 aromatic carbocycles. The quantitative estimate of drug-likeness (QED) is 0.392. The summed E-state index contributed by atoms with van der Waals surface area (Å²) in [4.78, 5) is 8.31. The fourth-order valence-corrected chi connectivity index (χ4v) is 0. The first-order valence-electron chi connectivity index (χ1n) is 1.23. The zero-order valence-corrected chi connectivity index (χ0v) is 5.00. The number of hydrogen-bond donors (Lipinski definition) is 1. The van der Waals surface area contributed by atoms with Crippen molar-refractivity contribution in [3.05, 3.63) is 0 Å². The summed E-state index contributed by atoms with van der Waals surface area (Å²) in [6, 6.07) is 0. The van der Waals surface area contributed by atoms with Crippen molar-refractivity contribution in [1.29, 1.82) is 0 Å². The third-order valence-corrected chi connectivity index (χ3v) is 1.23. The third kappa shape index (κ3) is 4.63. The Labute approximate surface area is 43.0 Å². The van der Waals surface area contributed by atoms with Crippen molar-refractivity contribution in [2.45, 2.75) is 0 Å². The van der Waals surface area contributed by atoms with Crippen molar-refractivity contribution in [2.75, 3.05) is 7.11 Å². The highest BCUT2D eigenvalue weighted by Gasteiger charge is 1.95. The molecule has 0 heterocycles. The average Bonchev–Trinajstić information content (AvgIpc) is 1.35. The highest BCUT2D eigenvalue weighted by molar-refractivity contribution is 8.20. The van der Waals surface area contributed by atoms with Crippen molar-refractivity contribution in [2.24, 2.45) is 0 Å². The Morgan fingerprint density at radius 1 is 2.00 bits per heavy atom. The van der Waals surface area contributed by atoms with Crippen LogP contribution in [0.15, 0.2) is 0 Å². The van der Waals surface area contributed by atoms with E-state index in [-0.39, 0.29) is 0 Å². The van der Waals surface area contributed by atoms with Gasteiger partial charge in [-0.1, -0.05) is 0 Å². The zero-order valence-electron chi connectivity index (χ0n) is 3.29. The Morgan fingerprint density at radius 2 is 2.17 bits per heavy atom. The summed E-state index contributed by atoms with van der Waals surface area (Å²) in [7, 11) is 6.07. The Bertz CT molecular complexity index is 77.6. The van der Waals surface area contributed by atoms with Gasteiger partial charge in [-0.25, -0.2) is 0 Å². The number of hydrogen-bond acceptors (Lipinski definition) is 2. The van der Waals surface area contributed by atoms with Gasteiger partial charge in [-0.05, 0) is 11.8 Å². The van der Waals surface area contributed by atoms with Crippen LogP contribution in [0.4, 0.5) is 0 Å². The second kappa shape index (κ2) is 2.08. The van der Waals surface area contributed by atoms with E-state index in [0.29, 0.717) is 0 Å². The van der Waals surface area contributed by atoms with E-state index in [2.05, 4.69) is 16.3 Å². The predicted octanol–water partition coefficient (Wildman–Crippen LogP) is 0.0181. The van der Waals surface area contributed by atoms with E-state index in [1.807, 2.05) is 0 Å². The van der Waals surface area contributed by atoms with Crippen molar-refractivity contribution >= 4 is 25.7 Å².